The zero-order valence-corrected chi connectivity index (χ0v) is 15.9. The van der Waals surface area contributed by atoms with Gasteiger partial charge in [0.15, 0.2) is 5.11 Å². The number of furan rings is 1. The van der Waals surface area contributed by atoms with Gasteiger partial charge in [-0.2, -0.15) is 0 Å². The van der Waals surface area contributed by atoms with Gasteiger partial charge in [0.05, 0.1) is 19.9 Å². The fourth-order valence-corrected chi connectivity index (χ4v) is 2.98. The first-order valence-corrected chi connectivity index (χ1v) is 8.89. The lowest BCUT2D eigenvalue weighted by atomic mass is 10.2. The summed E-state index contributed by atoms with van der Waals surface area (Å²) in [4.78, 5) is 2.03. The molecular weight excluding hydrogens is 368 g/mol. The van der Waals surface area contributed by atoms with Crippen LogP contribution in [0.1, 0.15) is 11.3 Å². The Balaban J connectivity index is 1.75. The Morgan fingerprint density at radius 3 is 2.58 bits per heavy atom. The molecule has 0 radical (unpaired) electrons. The molecule has 1 N–H and O–H groups in total. The number of ether oxygens (including phenoxy) is 1. The van der Waals surface area contributed by atoms with Crippen molar-refractivity contribution in [2.24, 2.45) is 0 Å². The van der Waals surface area contributed by atoms with Gasteiger partial charge in [0, 0.05) is 17.3 Å². The van der Waals surface area contributed by atoms with Crippen LogP contribution in [0.2, 0.25) is 5.02 Å². The van der Waals surface area contributed by atoms with Crippen molar-refractivity contribution in [1.29, 1.82) is 0 Å². The number of hydrogen-bond acceptors (Lipinski definition) is 3. The van der Waals surface area contributed by atoms with Gasteiger partial charge in [-0.05, 0) is 66.3 Å². The van der Waals surface area contributed by atoms with E-state index in [-0.39, 0.29) is 0 Å². The number of anilines is 1. The Morgan fingerprint density at radius 2 is 1.92 bits per heavy atom. The minimum Gasteiger partial charge on any atom is -0.497 e. The lowest BCUT2D eigenvalue weighted by Crippen LogP contribution is -2.33. The first-order valence-electron chi connectivity index (χ1n) is 8.11. The standard InChI is InChI=1S/C20H19ClN2O2S/c1-24-18-9-7-17(8-10-18)22-20(26)23(14-19-6-3-11-25-19)13-15-4-2-5-16(21)12-15/h2-12H,13-14H2,1H3,(H,22,26). The molecule has 1 heterocycles. The van der Waals surface area contributed by atoms with Gasteiger partial charge in [0.1, 0.15) is 11.5 Å². The summed E-state index contributed by atoms with van der Waals surface area (Å²) < 4.78 is 10.7. The molecule has 0 saturated heterocycles. The zero-order valence-electron chi connectivity index (χ0n) is 14.3. The van der Waals surface area contributed by atoms with Crippen LogP contribution in [0.5, 0.6) is 5.75 Å². The number of nitrogens with one attached hydrogen (secondary N) is 1. The van der Waals surface area contributed by atoms with Crippen molar-refractivity contribution in [3.8, 4) is 5.75 Å². The maximum atomic E-state index is 6.11. The number of thiocarbonyl (C=S) groups is 1. The molecule has 0 aliphatic carbocycles. The second-order valence-corrected chi connectivity index (χ2v) is 6.55. The minimum atomic E-state index is 0.557. The summed E-state index contributed by atoms with van der Waals surface area (Å²) in [6.45, 7) is 1.17. The third-order valence-corrected chi connectivity index (χ3v) is 4.41. The molecule has 26 heavy (non-hydrogen) atoms. The topological polar surface area (TPSA) is 37.6 Å². The second kappa shape index (κ2) is 8.74. The van der Waals surface area contributed by atoms with E-state index in [1.54, 1.807) is 13.4 Å². The lowest BCUT2D eigenvalue weighted by molar-refractivity contribution is 0.360. The molecule has 0 bridgehead atoms. The van der Waals surface area contributed by atoms with E-state index in [1.807, 2.05) is 65.6 Å². The maximum Gasteiger partial charge on any atom is 0.174 e. The Labute approximate surface area is 163 Å². The molecule has 0 unspecified atom stereocenters. The van der Waals surface area contributed by atoms with Crippen molar-refractivity contribution < 1.29 is 9.15 Å². The number of hydrogen-bond donors (Lipinski definition) is 1. The SMILES string of the molecule is COc1ccc(NC(=S)N(Cc2cccc(Cl)c2)Cc2ccco2)cc1. The van der Waals surface area contributed by atoms with Gasteiger partial charge in [0.2, 0.25) is 0 Å². The molecule has 0 saturated carbocycles. The number of halogens is 1. The van der Waals surface area contributed by atoms with Crippen LogP contribution in [0.25, 0.3) is 0 Å². The largest absolute Gasteiger partial charge is 0.497 e. The molecule has 134 valence electrons. The van der Waals surface area contributed by atoms with Gasteiger partial charge >= 0.3 is 0 Å². The van der Waals surface area contributed by atoms with Gasteiger partial charge in [-0.3, -0.25) is 0 Å². The highest BCUT2D eigenvalue weighted by molar-refractivity contribution is 7.80. The van der Waals surface area contributed by atoms with Crippen LogP contribution in [-0.2, 0) is 13.1 Å². The molecule has 6 heteroatoms. The number of methoxy groups -OCH3 is 1. The molecule has 0 atom stereocenters. The zero-order chi connectivity index (χ0) is 18.4. The maximum absolute atomic E-state index is 6.11. The molecular formula is C20H19ClN2O2S. The third-order valence-electron chi connectivity index (χ3n) is 3.82. The third kappa shape index (κ3) is 5.00. The average Bonchev–Trinajstić information content (AvgIpc) is 3.15. The molecule has 1 aromatic heterocycles. The number of benzene rings is 2. The number of rotatable bonds is 6. The molecule has 4 nitrogen and oxygen atoms in total. The van der Waals surface area contributed by atoms with Crippen LogP contribution in [0.15, 0.2) is 71.3 Å². The molecule has 3 aromatic rings. The summed E-state index contributed by atoms with van der Waals surface area (Å²) in [5.74, 6) is 1.64. The van der Waals surface area contributed by atoms with Crippen LogP contribution in [-0.4, -0.2) is 17.1 Å². The highest BCUT2D eigenvalue weighted by Crippen LogP contribution is 2.18. The van der Waals surface area contributed by atoms with E-state index >= 15 is 0 Å². The molecule has 0 fully saturated rings. The molecule has 0 amide bonds. The van der Waals surface area contributed by atoms with E-state index in [1.165, 1.54) is 0 Å². The van der Waals surface area contributed by atoms with Crippen LogP contribution in [0.4, 0.5) is 5.69 Å². The highest BCUT2D eigenvalue weighted by atomic mass is 35.5. The van der Waals surface area contributed by atoms with Crippen molar-refractivity contribution >= 4 is 34.6 Å². The number of nitrogens with zero attached hydrogens (tertiary/aromatic N) is 1. The first kappa shape index (κ1) is 18.3. The molecule has 0 aliphatic heterocycles. The first-order chi connectivity index (χ1) is 12.6. The van der Waals surface area contributed by atoms with Gasteiger partial charge in [-0.15, -0.1) is 0 Å². The van der Waals surface area contributed by atoms with E-state index in [2.05, 4.69) is 5.32 Å². The average molecular weight is 387 g/mol. The predicted octanol–water partition coefficient (Wildman–Crippen LogP) is 5.34. The lowest BCUT2D eigenvalue weighted by Gasteiger charge is -2.25. The van der Waals surface area contributed by atoms with E-state index in [4.69, 9.17) is 33.0 Å². The Kier molecular flexibility index (Phi) is 6.15. The Morgan fingerprint density at radius 1 is 1.12 bits per heavy atom. The van der Waals surface area contributed by atoms with Gasteiger partial charge in [-0.25, -0.2) is 0 Å². The molecule has 2 aromatic carbocycles. The summed E-state index contributed by atoms with van der Waals surface area (Å²) in [6.07, 6.45) is 1.66. The Hall–Kier alpha value is -2.50. The minimum absolute atomic E-state index is 0.557. The predicted molar refractivity (Wildman–Crippen MR) is 109 cm³/mol. The van der Waals surface area contributed by atoms with Gasteiger partial charge in [0.25, 0.3) is 0 Å². The van der Waals surface area contributed by atoms with Gasteiger partial charge < -0.3 is 19.4 Å². The summed E-state index contributed by atoms with van der Waals surface area (Å²) in [6, 6.07) is 19.2. The van der Waals surface area contributed by atoms with Crippen molar-refractivity contribution in [1.82, 2.24) is 4.90 Å². The smallest absolute Gasteiger partial charge is 0.174 e. The fraction of sp³-hybridized carbons (Fsp3) is 0.150. The fourth-order valence-electron chi connectivity index (χ4n) is 2.52. The van der Waals surface area contributed by atoms with E-state index in [0.29, 0.717) is 23.2 Å². The Bertz CT molecular complexity index is 851. The van der Waals surface area contributed by atoms with E-state index in [0.717, 1.165) is 22.8 Å². The summed E-state index contributed by atoms with van der Waals surface area (Å²) in [5, 5.41) is 4.57. The molecule has 0 spiro atoms. The molecule has 0 aliphatic rings. The van der Waals surface area contributed by atoms with Crippen molar-refractivity contribution in [2.45, 2.75) is 13.1 Å². The summed E-state index contributed by atoms with van der Waals surface area (Å²) in [7, 11) is 1.64. The molecule has 3 rings (SSSR count). The van der Waals surface area contributed by atoms with Crippen LogP contribution in [0, 0.1) is 0 Å². The van der Waals surface area contributed by atoms with Crippen molar-refractivity contribution in [3.05, 3.63) is 83.3 Å². The summed E-state index contributed by atoms with van der Waals surface area (Å²) in [5.41, 5.74) is 1.97. The van der Waals surface area contributed by atoms with Crippen molar-refractivity contribution in [2.75, 3.05) is 12.4 Å². The van der Waals surface area contributed by atoms with Crippen molar-refractivity contribution in [3.63, 3.8) is 0 Å². The second-order valence-electron chi connectivity index (χ2n) is 5.72. The quantitative estimate of drug-likeness (QED) is 0.579. The van der Waals surface area contributed by atoms with Gasteiger partial charge in [-0.1, -0.05) is 23.7 Å². The van der Waals surface area contributed by atoms with Crippen LogP contribution in [0.3, 0.4) is 0 Å². The van der Waals surface area contributed by atoms with E-state index in [9.17, 15) is 0 Å². The summed E-state index contributed by atoms with van der Waals surface area (Å²) >= 11 is 11.7. The normalized spacial score (nSPS) is 10.4. The highest BCUT2D eigenvalue weighted by Gasteiger charge is 2.13. The van der Waals surface area contributed by atoms with Crippen LogP contribution < -0.4 is 10.1 Å². The monoisotopic (exact) mass is 386 g/mol. The van der Waals surface area contributed by atoms with E-state index < -0.39 is 0 Å². The van der Waals surface area contributed by atoms with Crippen LogP contribution >= 0.6 is 23.8 Å².